The molecule has 1 aliphatic heterocycles. The minimum atomic E-state index is -0.889. The van der Waals surface area contributed by atoms with E-state index in [4.69, 9.17) is 9.72 Å². The number of carboxylic acid groups (broad SMARTS) is 1. The van der Waals surface area contributed by atoms with Gasteiger partial charge in [0.25, 0.3) is 0 Å². The number of rotatable bonds is 10. The van der Waals surface area contributed by atoms with Crippen LogP contribution in [0.1, 0.15) is 49.2 Å². The Morgan fingerprint density at radius 2 is 1.70 bits per heavy atom. The maximum absolute atomic E-state index is 13.2. The number of hydrogen-bond donors (Lipinski definition) is 2. The minimum Gasteiger partial charge on any atom is -0.493 e. The molecule has 0 aliphatic carbocycles. The highest BCUT2D eigenvalue weighted by Crippen LogP contribution is 2.44. The molecule has 3 heterocycles. The van der Waals surface area contributed by atoms with E-state index in [1.54, 1.807) is 12.1 Å². The summed E-state index contributed by atoms with van der Waals surface area (Å²) in [5.41, 5.74) is 6.18. The Morgan fingerprint density at radius 1 is 1.00 bits per heavy atom. The topological polar surface area (TPSA) is 87.6 Å². The van der Waals surface area contributed by atoms with E-state index in [-0.39, 0.29) is 17.7 Å². The van der Waals surface area contributed by atoms with E-state index in [2.05, 4.69) is 29.0 Å². The van der Waals surface area contributed by atoms with Crippen LogP contribution in [0.25, 0.3) is 11.1 Å². The zero-order chi connectivity index (χ0) is 30.6. The third kappa shape index (κ3) is 7.49. The summed E-state index contributed by atoms with van der Waals surface area (Å²) in [6.45, 7) is 10.5. The summed E-state index contributed by atoms with van der Waals surface area (Å²) in [4.78, 5) is 24.0. The number of aryl methyl sites for hydroxylation is 2. The number of carboxylic acids is 1. The molecule has 0 saturated carbocycles. The van der Waals surface area contributed by atoms with Gasteiger partial charge >= 0.3 is 5.97 Å². The first-order valence-corrected chi connectivity index (χ1v) is 14.8. The number of aliphatic carboxylic acids is 1. The van der Waals surface area contributed by atoms with E-state index in [1.165, 1.54) is 12.1 Å². The number of aromatic nitrogens is 2. The molecule has 0 atom stereocenters. The normalized spacial score (nSPS) is 14.4. The zero-order valence-corrected chi connectivity index (χ0v) is 25.3. The molecule has 0 spiro atoms. The minimum absolute atomic E-state index is 0.116. The Bertz CT molecular complexity index is 1580. The van der Waals surface area contributed by atoms with Crippen molar-refractivity contribution in [2.75, 3.05) is 29.9 Å². The van der Waals surface area contributed by atoms with Gasteiger partial charge in [0, 0.05) is 42.0 Å². The standard InChI is InChI=1S/C35H39FN4O3/c1-23-6-5-7-30(37-23)39-34-32(26-10-14-28(15-11-26)43-21-16-25-8-12-27(36)13-9-25)33(29(22-31(41)42)24(2)38-34)40-19-17-35(3,4)18-20-40/h5-15H,16-22H2,1-4H3,(H,41,42)(H,37,38,39). The number of pyridine rings is 2. The van der Waals surface area contributed by atoms with Crippen molar-refractivity contribution < 1.29 is 19.0 Å². The summed E-state index contributed by atoms with van der Waals surface area (Å²) in [5, 5.41) is 13.3. The van der Waals surface area contributed by atoms with Crippen molar-refractivity contribution in [3.05, 3.63) is 95.1 Å². The first-order valence-electron chi connectivity index (χ1n) is 14.8. The third-order valence-corrected chi connectivity index (χ3v) is 8.09. The first kappa shape index (κ1) is 30.0. The lowest BCUT2D eigenvalue weighted by Crippen LogP contribution is -2.38. The van der Waals surface area contributed by atoms with E-state index < -0.39 is 5.97 Å². The lowest BCUT2D eigenvalue weighted by atomic mass is 9.82. The van der Waals surface area contributed by atoms with Crippen molar-refractivity contribution in [1.29, 1.82) is 0 Å². The number of nitrogens with zero attached hydrogens (tertiary/aromatic N) is 3. The molecule has 224 valence electrons. The molecule has 0 unspecified atom stereocenters. The maximum Gasteiger partial charge on any atom is 0.307 e. The van der Waals surface area contributed by atoms with Crippen LogP contribution in [0.5, 0.6) is 5.75 Å². The molecule has 1 aliphatic rings. The van der Waals surface area contributed by atoms with Crippen LogP contribution >= 0.6 is 0 Å². The smallest absolute Gasteiger partial charge is 0.307 e. The highest BCUT2D eigenvalue weighted by molar-refractivity contribution is 5.92. The number of ether oxygens (including phenoxy) is 1. The van der Waals surface area contributed by atoms with E-state index in [1.807, 2.05) is 56.3 Å². The average Bonchev–Trinajstić information content (AvgIpc) is 2.96. The van der Waals surface area contributed by atoms with E-state index in [0.717, 1.165) is 59.6 Å². The van der Waals surface area contributed by atoms with Crippen LogP contribution < -0.4 is 15.0 Å². The van der Waals surface area contributed by atoms with Gasteiger partial charge in [-0.25, -0.2) is 14.4 Å². The SMILES string of the molecule is Cc1cccc(Nc2nc(C)c(CC(=O)O)c(N3CCC(C)(C)CC3)c2-c2ccc(OCCc3ccc(F)cc3)cc2)n1. The van der Waals surface area contributed by atoms with Gasteiger partial charge in [-0.1, -0.05) is 44.2 Å². The summed E-state index contributed by atoms with van der Waals surface area (Å²) in [5.74, 6) is 0.880. The predicted octanol–water partition coefficient (Wildman–Crippen LogP) is 7.52. The Kier molecular flexibility index (Phi) is 8.94. The molecule has 0 amide bonds. The Balaban J connectivity index is 1.53. The summed E-state index contributed by atoms with van der Waals surface area (Å²) in [6.07, 6.45) is 2.55. The van der Waals surface area contributed by atoms with Crippen molar-refractivity contribution in [2.45, 2.75) is 53.4 Å². The van der Waals surface area contributed by atoms with Gasteiger partial charge in [0.2, 0.25) is 0 Å². The summed E-state index contributed by atoms with van der Waals surface area (Å²) in [6, 6.07) is 20.1. The van der Waals surface area contributed by atoms with Crippen LogP contribution in [0.2, 0.25) is 0 Å². The maximum atomic E-state index is 13.2. The molecule has 2 aromatic carbocycles. The number of halogens is 1. The lowest BCUT2D eigenvalue weighted by Gasteiger charge is -2.40. The summed E-state index contributed by atoms with van der Waals surface area (Å²) in [7, 11) is 0. The van der Waals surface area contributed by atoms with Gasteiger partial charge in [0.05, 0.1) is 18.7 Å². The van der Waals surface area contributed by atoms with Gasteiger partial charge in [-0.3, -0.25) is 4.79 Å². The third-order valence-electron chi connectivity index (χ3n) is 8.09. The van der Waals surface area contributed by atoms with Gasteiger partial charge in [-0.05, 0) is 79.6 Å². The molecule has 4 aromatic rings. The van der Waals surface area contributed by atoms with Gasteiger partial charge in [-0.2, -0.15) is 0 Å². The molecule has 1 fully saturated rings. The van der Waals surface area contributed by atoms with E-state index >= 15 is 0 Å². The fraction of sp³-hybridized carbons (Fsp3) is 0.343. The van der Waals surface area contributed by atoms with Crippen molar-refractivity contribution in [2.24, 2.45) is 5.41 Å². The molecule has 0 bridgehead atoms. The zero-order valence-electron chi connectivity index (χ0n) is 25.3. The molecule has 5 rings (SSSR count). The number of hydrogen-bond acceptors (Lipinski definition) is 6. The molecule has 2 N–H and O–H groups in total. The lowest BCUT2D eigenvalue weighted by molar-refractivity contribution is -0.136. The van der Waals surface area contributed by atoms with Crippen LogP contribution in [-0.4, -0.2) is 40.7 Å². The predicted molar refractivity (Wildman–Crippen MR) is 169 cm³/mol. The quantitative estimate of drug-likeness (QED) is 0.200. The van der Waals surface area contributed by atoms with Crippen molar-refractivity contribution in [1.82, 2.24) is 9.97 Å². The largest absolute Gasteiger partial charge is 0.493 e. The Labute approximate surface area is 252 Å². The first-order chi connectivity index (χ1) is 20.6. The Morgan fingerprint density at radius 3 is 2.35 bits per heavy atom. The van der Waals surface area contributed by atoms with Gasteiger partial charge < -0.3 is 20.1 Å². The molecule has 43 heavy (non-hydrogen) atoms. The highest BCUT2D eigenvalue weighted by Gasteiger charge is 2.31. The van der Waals surface area contributed by atoms with Gasteiger partial charge in [-0.15, -0.1) is 0 Å². The van der Waals surface area contributed by atoms with Crippen molar-refractivity contribution >= 4 is 23.3 Å². The number of benzene rings is 2. The fourth-order valence-electron chi connectivity index (χ4n) is 5.53. The average molecular weight is 583 g/mol. The van der Waals surface area contributed by atoms with Crippen molar-refractivity contribution in [3.8, 4) is 16.9 Å². The van der Waals surface area contributed by atoms with Crippen LogP contribution in [0.3, 0.4) is 0 Å². The van der Waals surface area contributed by atoms with Crippen LogP contribution in [0.4, 0.5) is 21.7 Å². The van der Waals surface area contributed by atoms with Crippen LogP contribution in [0, 0.1) is 25.1 Å². The molecule has 0 radical (unpaired) electrons. The molecular formula is C35H39FN4O3. The summed E-state index contributed by atoms with van der Waals surface area (Å²) >= 11 is 0. The number of carbonyl (C=O) groups is 1. The van der Waals surface area contributed by atoms with E-state index in [0.29, 0.717) is 36.1 Å². The monoisotopic (exact) mass is 582 g/mol. The summed E-state index contributed by atoms with van der Waals surface area (Å²) < 4.78 is 19.2. The highest BCUT2D eigenvalue weighted by atomic mass is 19.1. The van der Waals surface area contributed by atoms with Crippen molar-refractivity contribution in [3.63, 3.8) is 0 Å². The molecule has 8 heteroatoms. The molecule has 2 aromatic heterocycles. The molecule has 7 nitrogen and oxygen atoms in total. The second-order valence-electron chi connectivity index (χ2n) is 12.0. The Hall–Kier alpha value is -4.46. The van der Waals surface area contributed by atoms with Gasteiger partial charge in [0.1, 0.15) is 23.2 Å². The van der Waals surface area contributed by atoms with Gasteiger partial charge in [0.15, 0.2) is 0 Å². The van der Waals surface area contributed by atoms with Crippen LogP contribution in [0.15, 0.2) is 66.7 Å². The van der Waals surface area contributed by atoms with Crippen LogP contribution in [-0.2, 0) is 17.6 Å². The number of anilines is 3. The second kappa shape index (κ2) is 12.8. The number of piperidine rings is 1. The molecule has 1 saturated heterocycles. The molecular weight excluding hydrogens is 543 g/mol. The van der Waals surface area contributed by atoms with E-state index in [9.17, 15) is 14.3 Å². The number of nitrogens with one attached hydrogen (secondary N) is 1. The fourth-order valence-corrected chi connectivity index (χ4v) is 5.53. The second-order valence-corrected chi connectivity index (χ2v) is 12.0.